The molecule has 3 nitrogen and oxygen atoms in total. The predicted octanol–water partition coefficient (Wildman–Crippen LogP) is 11.7. The maximum atomic E-state index is 9.74. The summed E-state index contributed by atoms with van der Waals surface area (Å²) < 4.78 is 8.05. The third-order valence-electron chi connectivity index (χ3n) is 10.2. The molecule has 0 amide bonds. The van der Waals surface area contributed by atoms with Gasteiger partial charge in [0.1, 0.15) is 0 Å². The zero-order valence-electron chi connectivity index (χ0n) is 28.2. The number of benzene rings is 6. The van der Waals surface area contributed by atoms with Gasteiger partial charge in [0.2, 0.25) is 0 Å². The van der Waals surface area contributed by atoms with Gasteiger partial charge in [-0.25, -0.2) is 0 Å². The van der Waals surface area contributed by atoms with Crippen LogP contribution in [0.2, 0.25) is 0 Å². The monoisotopic (exact) mass is 805 g/mol. The standard InChI is InChI=1S/C48H27N3Se2/c1-50-41(29-49)48-36-15-9-8-14-35(36)38-28-34(16-19-37(38)48)44-22-23-45(52-44)46-24-25-47(53-46)51-42-20-17-32(30-10-4-2-5-11-30)26-39(42)40-27-33(18-21-43(40)51)31-12-6-3-7-13-31/h2-28H/b48-41-. The Morgan fingerprint density at radius 3 is 1.68 bits per heavy atom. The Bertz CT molecular complexity index is 2900. The summed E-state index contributed by atoms with van der Waals surface area (Å²) in [7, 11) is 0. The normalized spacial score (nSPS) is 12.7. The predicted molar refractivity (Wildman–Crippen MR) is 220 cm³/mol. The van der Waals surface area contributed by atoms with Crippen LogP contribution in [0.15, 0.2) is 169 Å². The van der Waals surface area contributed by atoms with Gasteiger partial charge in [0.25, 0.3) is 0 Å². The first-order valence-electron chi connectivity index (χ1n) is 17.3. The van der Waals surface area contributed by atoms with E-state index in [9.17, 15) is 5.26 Å². The van der Waals surface area contributed by atoms with E-state index >= 15 is 0 Å². The van der Waals surface area contributed by atoms with E-state index in [1.807, 2.05) is 18.2 Å². The number of hydrogen-bond acceptors (Lipinski definition) is 1. The summed E-state index contributed by atoms with van der Waals surface area (Å²) >= 11 is 0.294. The van der Waals surface area contributed by atoms with E-state index in [2.05, 4.69) is 161 Å². The van der Waals surface area contributed by atoms with Crippen LogP contribution in [0, 0.1) is 17.9 Å². The maximum absolute atomic E-state index is 9.74. The molecule has 0 spiro atoms. The Balaban J connectivity index is 1.05. The Labute approximate surface area is 319 Å². The van der Waals surface area contributed by atoms with Crippen LogP contribution in [0.3, 0.4) is 0 Å². The van der Waals surface area contributed by atoms with Crippen LogP contribution in [-0.4, -0.2) is 33.6 Å². The molecule has 0 saturated heterocycles. The molecule has 0 atom stereocenters. The van der Waals surface area contributed by atoms with Crippen molar-refractivity contribution in [2.45, 2.75) is 0 Å². The van der Waals surface area contributed by atoms with Gasteiger partial charge >= 0.3 is 321 Å². The van der Waals surface area contributed by atoms with Crippen molar-refractivity contribution in [3.63, 3.8) is 0 Å². The number of rotatable bonds is 5. The van der Waals surface area contributed by atoms with Crippen LogP contribution in [0.4, 0.5) is 0 Å². The van der Waals surface area contributed by atoms with Crippen LogP contribution in [0.1, 0.15) is 11.1 Å². The van der Waals surface area contributed by atoms with Gasteiger partial charge in [0.15, 0.2) is 0 Å². The van der Waals surface area contributed by atoms with Crippen molar-refractivity contribution < 1.29 is 0 Å². The summed E-state index contributed by atoms with van der Waals surface area (Å²) in [6.45, 7) is 7.63. The van der Waals surface area contributed by atoms with Crippen LogP contribution in [0.5, 0.6) is 0 Å². The van der Waals surface area contributed by atoms with Crippen molar-refractivity contribution in [2.24, 2.45) is 0 Å². The average Bonchev–Trinajstić information content (AvgIpc) is 4.03. The molecule has 0 radical (unpaired) electrons. The van der Waals surface area contributed by atoms with Crippen molar-refractivity contribution in [1.82, 2.24) is 4.57 Å². The fourth-order valence-electron chi connectivity index (χ4n) is 7.70. The Hall–Kier alpha value is -6.16. The Morgan fingerprint density at radius 1 is 0.491 bits per heavy atom. The number of allylic oxidation sites excluding steroid dienone is 1. The van der Waals surface area contributed by atoms with Crippen LogP contribution in [0.25, 0.3) is 89.0 Å². The molecule has 10 rings (SSSR count). The minimum absolute atomic E-state index is 0.135. The molecule has 6 aromatic carbocycles. The summed E-state index contributed by atoms with van der Waals surface area (Å²) in [5, 5.41) is 12.3. The number of hydrogen-bond donors (Lipinski definition) is 0. The molecule has 0 fully saturated rings. The van der Waals surface area contributed by atoms with Gasteiger partial charge < -0.3 is 0 Å². The van der Waals surface area contributed by atoms with Crippen LogP contribution in [-0.2, 0) is 0 Å². The zero-order chi connectivity index (χ0) is 35.5. The number of fused-ring (bicyclic) bond motifs is 6. The molecule has 0 aliphatic heterocycles. The molecule has 3 heterocycles. The molecule has 53 heavy (non-hydrogen) atoms. The van der Waals surface area contributed by atoms with E-state index in [0.29, 0.717) is 0 Å². The van der Waals surface area contributed by atoms with Crippen LogP contribution >= 0.6 is 0 Å². The second kappa shape index (κ2) is 12.8. The van der Waals surface area contributed by atoms with Crippen molar-refractivity contribution in [2.75, 3.05) is 0 Å². The van der Waals surface area contributed by atoms with Gasteiger partial charge in [-0.2, -0.15) is 0 Å². The third kappa shape index (κ3) is 5.23. The van der Waals surface area contributed by atoms with Gasteiger partial charge in [0, 0.05) is 0 Å². The van der Waals surface area contributed by atoms with Crippen LogP contribution < -0.4 is 0 Å². The first-order valence-corrected chi connectivity index (χ1v) is 20.8. The molecule has 0 bridgehead atoms. The van der Waals surface area contributed by atoms with Crippen molar-refractivity contribution in [1.29, 1.82) is 5.26 Å². The van der Waals surface area contributed by atoms with Gasteiger partial charge in [-0.15, -0.1) is 0 Å². The van der Waals surface area contributed by atoms with E-state index < -0.39 is 0 Å². The van der Waals surface area contributed by atoms with E-state index in [-0.39, 0.29) is 34.7 Å². The summed E-state index contributed by atoms with van der Waals surface area (Å²) in [5.41, 5.74) is 13.6. The molecule has 0 unspecified atom stereocenters. The van der Waals surface area contributed by atoms with E-state index in [1.54, 1.807) is 0 Å². The minimum atomic E-state index is 0.135. The Morgan fingerprint density at radius 2 is 1.04 bits per heavy atom. The first kappa shape index (κ1) is 31.6. The molecule has 9 aromatic rings. The second-order valence-corrected chi connectivity index (χ2v) is 17.6. The van der Waals surface area contributed by atoms with E-state index in [0.717, 1.165) is 27.8 Å². The average molecular weight is 804 g/mol. The quantitative estimate of drug-likeness (QED) is 0.0969. The molecule has 0 saturated carbocycles. The topological polar surface area (TPSA) is 33.1 Å². The zero-order valence-corrected chi connectivity index (χ0v) is 31.7. The van der Waals surface area contributed by atoms with Gasteiger partial charge in [-0.05, 0) is 0 Å². The number of nitriles is 1. The van der Waals surface area contributed by atoms with Gasteiger partial charge in [-0.1, -0.05) is 0 Å². The van der Waals surface area contributed by atoms with Gasteiger partial charge in [0.05, 0.1) is 0 Å². The van der Waals surface area contributed by atoms with Crippen molar-refractivity contribution in [3.05, 3.63) is 192 Å². The van der Waals surface area contributed by atoms with Crippen molar-refractivity contribution >= 4 is 56.4 Å². The van der Waals surface area contributed by atoms with E-state index in [1.165, 1.54) is 67.5 Å². The number of aromatic nitrogens is 1. The summed E-state index contributed by atoms with van der Waals surface area (Å²) in [5.74, 6) is 0. The summed E-state index contributed by atoms with van der Waals surface area (Å²) in [6.07, 6.45) is 0. The summed E-state index contributed by atoms with van der Waals surface area (Å²) in [6, 6.07) is 61.2. The fourth-order valence-corrected chi connectivity index (χ4v) is 12.5. The SMILES string of the molecule is [C-]#[N+]/C(C#N)=C1/c2ccccc2-c2cc(-c3ccc(-c4ccc(-n5c6ccc(-c7ccccc7)cc6c6cc(-c7ccccc7)ccc65)[se]4)[se]3)ccc21. The van der Waals surface area contributed by atoms with Crippen molar-refractivity contribution in [3.8, 4) is 62.9 Å². The molecule has 0 N–H and O–H groups in total. The molecule has 3 aromatic heterocycles. The second-order valence-electron chi connectivity index (χ2n) is 13.1. The fraction of sp³-hybridized carbons (Fsp3) is 0. The van der Waals surface area contributed by atoms with Gasteiger partial charge in [-0.3, -0.25) is 0 Å². The molecule has 5 heteroatoms. The van der Waals surface area contributed by atoms with E-state index in [4.69, 9.17) is 6.57 Å². The molecule has 246 valence electrons. The number of nitrogens with zero attached hydrogens (tertiary/aromatic N) is 3. The third-order valence-corrected chi connectivity index (χ3v) is 15.6. The summed E-state index contributed by atoms with van der Waals surface area (Å²) in [4.78, 5) is 3.57. The Kier molecular flexibility index (Phi) is 7.63. The first-order chi connectivity index (χ1) is 26.2. The molecule has 1 aliphatic rings. The molecular formula is C48H27N3Se2. The molecular weight excluding hydrogens is 776 g/mol. The molecule has 1 aliphatic carbocycles.